The van der Waals surface area contributed by atoms with Gasteiger partial charge in [0.15, 0.2) is 5.69 Å². The number of allylic oxidation sites excluding steroid dienone is 1. The van der Waals surface area contributed by atoms with Crippen LogP contribution in [0, 0.1) is 6.92 Å². The van der Waals surface area contributed by atoms with Crippen LogP contribution in [-0.2, 0) is 9.53 Å². The van der Waals surface area contributed by atoms with Crippen LogP contribution in [0.2, 0.25) is 0 Å². The highest BCUT2D eigenvalue weighted by Gasteiger charge is 2.22. The van der Waals surface area contributed by atoms with Crippen molar-refractivity contribution in [3.05, 3.63) is 63.4 Å². The van der Waals surface area contributed by atoms with Gasteiger partial charge in [-0.15, -0.1) is 11.3 Å². The summed E-state index contributed by atoms with van der Waals surface area (Å²) in [5, 5.41) is 9.51. The van der Waals surface area contributed by atoms with E-state index < -0.39 is 11.5 Å². The van der Waals surface area contributed by atoms with E-state index in [1.165, 1.54) is 6.08 Å². The van der Waals surface area contributed by atoms with E-state index in [0.717, 1.165) is 21.6 Å². The molecule has 2 aromatic heterocycles. The smallest absolute Gasteiger partial charge is 0.359 e. The lowest BCUT2D eigenvalue weighted by Crippen LogP contribution is -2.25. The molecule has 0 unspecified atom stereocenters. The zero-order chi connectivity index (χ0) is 20.3. The number of hydrogen-bond acceptors (Lipinski definition) is 6. The van der Waals surface area contributed by atoms with Crippen LogP contribution < -0.4 is 10.9 Å². The number of carbonyl (C=O) groups excluding carboxylic acids is 2. The van der Waals surface area contributed by atoms with Crippen LogP contribution in [-0.4, -0.2) is 28.3 Å². The number of ether oxygens (including phenoxy) is 1. The highest BCUT2D eigenvalue weighted by atomic mass is 32.1. The van der Waals surface area contributed by atoms with Crippen LogP contribution in [0.1, 0.15) is 29.9 Å². The quantitative estimate of drug-likeness (QED) is 0.526. The van der Waals surface area contributed by atoms with E-state index in [1.807, 2.05) is 19.1 Å². The van der Waals surface area contributed by atoms with Gasteiger partial charge in [-0.05, 0) is 39.0 Å². The molecule has 0 saturated carbocycles. The number of benzene rings is 1. The molecule has 0 aliphatic rings. The minimum Gasteiger partial charge on any atom is -0.461 e. The molecule has 0 aliphatic carbocycles. The SMILES string of the molecule is C/C=C\C(=O)Nc1scc2c(C(=O)OCC)nn(-c3ccc(C)cc3)c(=O)c12. The van der Waals surface area contributed by atoms with Crippen LogP contribution in [0.5, 0.6) is 0 Å². The molecule has 3 aromatic rings. The second-order valence-electron chi connectivity index (χ2n) is 5.96. The summed E-state index contributed by atoms with van der Waals surface area (Å²) in [6.45, 7) is 5.53. The average molecular weight is 397 g/mol. The summed E-state index contributed by atoms with van der Waals surface area (Å²) in [7, 11) is 0. The molecule has 0 radical (unpaired) electrons. The van der Waals surface area contributed by atoms with Crippen molar-refractivity contribution in [3.8, 4) is 5.69 Å². The van der Waals surface area contributed by atoms with Gasteiger partial charge in [0.2, 0.25) is 5.91 Å². The van der Waals surface area contributed by atoms with Crippen molar-refractivity contribution >= 4 is 39.0 Å². The molecule has 1 aromatic carbocycles. The second kappa shape index (κ2) is 8.18. The van der Waals surface area contributed by atoms with Crippen molar-refractivity contribution in [2.24, 2.45) is 0 Å². The average Bonchev–Trinajstić information content (AvgIpc) is 3.07. The molecule has 1 N–H and O–H groups in total. The third-order valence-electron chi connectivity index (χ3n) is 3.95. The number of nitrogens with zero attached hydrogens (tertiary/aromatic N) is 2. The lowest BCUT2D eigenvalue weighted by molar-refractivity contribution is -0.111. The Morgan fingerprint density at radius 3 is 2.64 bits per heavy atom. The first-order valence-corrected chi connectivity index (χ1v) is 9.56. The van der Waals surface area contributed by atoms with Gasteiger partial charge in [0.05, 0.1) is 17.7 Å². The maximum absolute atomic E-state index is 13.2. The van der Waals surface area contributed by atoms with Gasteiger partial charge >= 0.3 is 5.97 Å². The van der Waals surface area contributed by atoms with Crippen molar-refractivity contribution in [1.29, 1.82) is 0 Å². The number of anilines is 1. The van der Waals surface area contributed by atoms with Crippen molar-refractivity contribution in [3.63, 3.8) is 0 Å². The standard InChI is InChI=1S/C20H19N3O4S/c1-4-6-15(24)21-18-16-14(11-28-18)17(20(26)27-5-2)22-23(19(16)25)13-9-7-12(3)8-10-13/h4,6-11H,5H2,1-3H3,(H,21,24)/b6-4-. The monoisotopic (exact) mass is 397 g/mol. The largest absolute Gasteiger partial charge is 0.461 e. The summed E-state index contributed by atoms with van der Waals surface area (Å²) in [6.07, 6.45) is 2.96. The fourth-order valence-corrected chi connectivity index (χ4v) is 3.60. The molecule has 7 nitrogen and oxygen atoms in total. The van der Waals surface area contributed by atoms with E-state index in [9.17, 15) is 14.4 Å². The molecule has 0 spiro atoms. The minimum absolute atomic E-state index is 0.0276. The van der Waals surface area contributed by atoms with Gasteiger partial charge in [-0.25, -0.2) is 4.79 Å². The number of hydrogen-bond donors (Lipinski definition) is 1. The highest BCUT2D eigenvalue weighted by molar-refractivity contribution is 7.16. The summed E-state index contributed by atoms with van der Waals surface area (Å²) in [5.74, 6) is -0.987. The molecule has 0 fully saturated rings. The van der Waals surface area contributed by atoms with E-state index in [2.05, 4.69) is 10.4 Å². The fourth-order valence-electron chi connectivity index (χ4n) is 2.66. The Bertz CT molecular complexity index is 1130. The van der Waals surface area contributed by atoms with E-state index in [1.54, 1.807) is 37.4 Å². The van der Waals surface area contributed by atoms with E-state index in [-0.39, 0.29) is 23.6 Å². The van der Waals surface area contributed by atoms with Gasteiger partial charge in [0.1, 0.15) is 5.00 Å². The molecule has 0 atom stereocenters. The molecule has 3 rings (SSSR count). The van der Waals surface area contributed by atoms with Crippen LogP contribution in [0.3, 0.4) is 0 Å². The van der Waals surface area contributed by atoms with Crippen molar-refractivity contribution in [2.45, 2.75) is 20.8 Å². The Balaban J connectivity index is 2.27. The zero-order valence-corrected chi connectivity index (χ0v) is 16.5. The number of esters is 1. The third kappa shape index (κ3) is 3.72. The molecular weight excluding hydrogens is 378 g/mol. The Kier molecular flexibility index (Phi) is 5.70. The first-order chi connectivity index (χ1) is 13.5. The summed E-state index contributed by atoms with van der Waals surface area (Å²) in [6, 6.07) is 7.18. The van der Waals surface area contributed by atoms with Crippen LogP contribution in [0.25, 0.3) is 16.5 Å². The van der Waals surface area contributed by atoms with Gasteiger partial charge in [0, 0.05) is 10.8 Å². The molecule has 0 aliphatic heterocycles. The number of nitrogens with one attached hydrogen (secondary N) is 1. The van der Waals surface area contributed by atoms with Crippen molar-refractivity contribution < 1.29 is 14.3 Å². The predicted octanol–water partition coefficient (Wildman–Crippen LogP) is 3.45. The molecule has 1 amide bonds. The number of thiophene rings is 1. The minimum atomic E-state index is -0.627. The first kappa shape index (κ1) is 19.5. The van der Waals surface area contributed by atoms with E-state index >= 15 is 0 Å². The fraction of sp³-hybridized carbons (Fsp3) is 0.200. The van der Waals surface area contributed by atoms with Crippen molar-refractivity contribution in [1.82, 2.24) is 9.78 Å². The van der Waals surface area contributed by atoms with Crippen LogP contribution in [0.4, 0.5) is 5.00 Å². The topological polar surface area (TPSA) is 90.3 Å². The lowest BCUT2D eigenvalue weighted by atomic mass is 10.2. The number of aryl methyl sites for hydroxylation is 1. The predicted molar refractivity (Wildman–Crippen MR) is 109 cm³/mol. The zero-order valence-electron chi connectivity index (χ0n) is 15.7. The van der Waals surface area contributed by atoms with Gasteiger partial charge in [0.25, 0.3) is 5.56 Å². The summed E-state index contributed by atoms with van der Waals surface area (Å²) in [4.78, 5) is 37.6. The number of amides is 1. The van der Waals surface area contributed by atoms with Gasteiger partial charge < -0.3 is 10.1 Å². The lowest BCUT2D eigenvalue weighted by Gasteiger charge is -2.10. The molecule has 0 saturated heterocycles. The Hall–Kier alpha value is -3.26. The maximum atomic E-state index is 13.2. The van der Waals surface area contributed by atoms with Crippen molar-refractivity contribution in [2.75, 3.05) is 11.9 Å². The van der Waals surface area contributed by atoms with Crippen LogP contribution in [0.15, 0.2) is 46.6 Å². The molecule has 144 valence electrons. The van der Waals surface area contributed by atoms with Gasteiger partial charge in [-0.2, -0.15) is 9.78 Å². The Morgan fingerprint density at radius 1 is 1.29 bits per heavy atom. The molecule has 2 heterocycles. The molecule has 28 heavy (non-hydrogen) atoms. The first-order valence-electron chi connectivity index (χ1n) is 8.68. The Morgan fingerprint density at radius 2 is 2.00 bits per heavy atom. The molecular formula is C20H19N3O4S. The molecule has 0 bridgehead atoms. The summed E-state index contributed by atoms with van der Waals surface area (Å²) < 4.78 is 6.26. The normalized spacial score (nSPS) is 11.1. The number of aromatic nitrogens is 2. The summed E-state index contributed by atoms with van der Waals surface area (Å²) in [5.41, 5.74) is 1.14. The maximum Gasteiger partial charge on any atom is 0.359 e. The number of rotatable bonds is 5. The highest BCUT2D eigenvalue weighted by Crippen LogP contribution is 2.30. The van der Waals surface area contributed by atoms with Gasteiger partial charge in [-0.1, -0.05) is 23.8 Å². The third-order valence-corrected chi connectivity index (χ3v) is 4.85. The van der Waals surface area contributed by atoms with Gasteiger partial charge in [-0.3, -0.25) is 9.59 Å². The van der Waals surface area contributed by atoms with E-state index in [4.69, 9.17) is 4.74 Å². The number of fused-ring (bicyclic) bond motifs is 1. The Labute approximate surface area is 165 Å². The van der Waals surface area contributed by atoms with E-state index in [0.29, 0.717) is 16.1 Å². The van der Waals surface area contributed by atoms with Crippen LogP contribution >= 0.6 is 11.3 Å². The molecule has 8 heteroatoms. The summed E-state index contributed by atoms with van der Waals surface area (Å²) >= 11 is 1.16. The number of carbonyl (C=O) groups is 2. The second-order valence-corrected chi connectivity index (χ2v) is 6.84.